The van der Waals surface area contributed by atoms with Crippen molar-refractivity contribution in [3.8, 4) is 0 Å². The van der Waals surface area contributed by atoms with E-state index in [2.05, 4.69) is 19.4 Å². The van der Waals surface area contributed by atoms with Crippen molar-refractivity contribution in [1.29, 1.82) is 0 Å². The first-order chi connectivity index (χ1) is 12.6. The minimum absolute atomic E-state index is 0.0426. The maximum atomic E-state index is 13.9. The van der Waals surface area contributed by atoms with Crippen molar-refractivity contribution in [2.45, 2.75) is 33.0 Å². The Kier molecular flexibility index (Phi) is 4.42. The zero-order chi connectivity index (χ0) is 18.1. The summed E-state index contributed by atoms with van der Waals surface area (Å²) in [5.41, 5.74) is 3.40. The molecule has 1 aromatic carbocycles. The molecule has 0 atom stereocenters. The van der Waals surface area contributed by atoms with Gasteiger partial charge in [-0.2, -0.15) is 0 Å². The molecule has 4 rings (SSSR count). The lowest BCUT2D eigenvalue weighted by Crippen LogP contribution is -2.36. The normalized spacial score (nSPS) is 14.4. The molecule has 1 aliphatic rings. The Morgan fingerprint density at radius 3 is 2.88 bits per heavy atom. The summed E-state index contributed by atoms with van der Waals surface area (Å²) >= 11 is 0. The Labute approximate surface area is 151 Å². The molecule has 0 bridgehead atoms. The van der Waals surface area contributed by atoms with Crippen molar-refractivity contribution >= 4 is 0 Å². The third-order valence-electron chi connectivity index (χ3n) is 4.87. The topological polar surface area (TPSA) is 53.9 Å². The van der Waals surface area contributed by atoms with E-state index in [1.165, 1.54) is 6.07 Å². The van der Waals surface area contributed by atoms with Gasteiger partial charge in [0.1, 0.15) is 11.6 Å². The minimum atomic E-state index is -0.188. The van der Waals surface area contributed by atoms with E-state index in [0.29, 0.717) is 31.0 Å². The van der Waals surface area contributed by atoms with Crippen molar-refractivity contribution < 1.29 is 4.39 Å². The van der Waals surface area contributed by atoms with Crippen LogP contribution >= 0.6 is 0 Å². The Morgan fingerprint density at radius 2 is 2.04 bits per heavy atom. The number of aromatic amines is 1. The molecule has 6 heteroatoms. The molecule has 0 radical (unpaired) electrons. The summed E-state index contributed by atoms with van der Waals surface area (Å²) in [6.07, 6.45) is 2.74. The summed E-state index contributed by atoms with van der Waals surface area (Å²) < 4.78 is 16.0. The molecule has 5 nitrogen and oxygen atoms in total. The second-order valence-electron chi connectivity index (χ2n) is 6.76. The monoisotopic (exact) mass is 352 g/mol. The van der Waals surface area contributed by atoms with Gasteiger partial charge < -0.3 is 9.55 Å². The first-order valence-electron chi connectivity index (χ1n) is 8.78. The van der Waals surface area contributed by atoms with Crippen molar-refractivity contribution in [1.82, 2.24) is 19.4 Å². The third-order valence-corrected chi connectivity index (χ3v) is 4.87. The SMILES string of the molecule is Cc1nc2c(c(=O)[nH]1)CN(Cc1cccn1Cc1ccccc1F)CC2. The van der Waals surface area contributed by atoms with E-state index in [9.17, 15) is 9.18 Å². The third kappa shape index (κ3) is 3.32. The molecular formula is C20H21FN4O. The highest BCUT2D eigenvalue weighted by molar-refractivity contribution is 5.22. The van der Waals surface area contributed by atoms with E-state index in [0.717, 1.165) is 29.9 Å². The number of aromatic nitrogens is 3. The van der Waals surface area contributed by atoms with Crippen LogP contribution in [-0.2, 0) is 26.1 Å². The number of rotatable bonds is 4. The van der Waals surface area contributed by atoms with E-state index in [-0.39, 0.29) is 11.4 Å². The van der Waals surface area contributed by atoms with E-state index in [1.807, 2.05) is 37.4 Å². The Hall–Kier alpha value is -2.73. The van der Waals surface area contributed by atoms with Crippen molar-refractivity contribution in [2.75, 3.05) is 6.54 Å². The van der Waals surface area contributed by atoms with Crippen LogP contribution in [0.5, 0.6) is 0 Å². The lowest BCUT2D eigenvalue weighted by molar-refractivity contribution is 0.236. The zero-order valence-electron chi connectivity index (χ0n) is 14.7. The molecule has 0 fully saturated rings. The number of halogens is 1. The summed E-state index contributed by atoms with van der Waals surface area (Å²) in [5.74, 6) is 0.480. The molecule has 0 amide bonds. The largest absolute Gasteiger partial charge is 0.346 e. The fourth-order valence-corrected chi connectivity index (χ4v) is 3.53. The number of aryl methyl sites for hydroxylation is 1. The predicted molar refractivity (Wildman–Crippen MR) is 97.3 cm³/mol. The molecule has 2 aromatic heterocycles. The van der Waals surface area contributed by atoms with Gasteiger partial charge in [0.2, 0.25) is 0 Å². The number of nitrogens with zero attached hydrogens (tertiary/aromatic N) is 3. The number of hydrogen-bond donors (Lipinski definition) is 1. The number of fused-ring (bicyclic) bond motifs is 1. The molecule has 26 heavy (non-hydrogen) atoms. The van der Waals surface area contributed by atoms with Crippen LogP contribution in [-0.4, -0.2) is 26.0 Å². The van der Waals surface area contributed by atoms with E-state index in [1.54, 1.807) is 6.07 Å². The summed E-state index contributed by atoms with van der Waals surface area (Å²) in [6.45, 7) is 4.47. The maximum Gasteiger partial charge on any atom is 0.255 e. The molecule has 0 saturated carbocycles. The van der Waals surface area contributed by atoms with Gasteiger partial charge in [0, 0.05) is 43.5 Å². The molecule has 0 unspecified atom stereocenters. The van der Waals surface area contributed by atoms with Crippen LogP contribution in [0.4, 0.5) is 4.39 Å². The fourth-order valence-electron chi connectivity index (χ4n) is 3.53. The fraction of sp³-hybridized carbons (Fsp3) is 0.300. The van der Waals surface area contributed by atoms with Crippen molar-refractivity contribution in [3.63, 3.8) is 0 Å². The minimum Gasteiger partial charge on any atom is -0.346 e. The molecule has 0 aliphatic carbocycles. The molecular weight excluding hydrogens is 331 g/mol. The van der Waals surface area contributed by atoms with Gasteiger partial charge in [-0.05, 0) is 25.1 Å². The van der Waals surface area contributed by atoms with Crippen molar-refractivity contribution in [2.24, 2.45) is 0 Å². The van der Waals surface area contributed by atoms with Crippen molar-refractivity contribution in [3.05, 3.63) is 87.1 Å². The Morgan fingerprint density at radius 1 is 1.19 bits per heavy atom. The van der Waals surface area contributed by atoms with Crippen LogP contribution < -0.4 is 5.56 Å². The lowest BCUT2D eigenvalue weighted by atomic mass is 10.1. The van der Waals surface area contributed by atoms with Gasteiger partial charge in [-0.1, -0.05) is 18.2 Å². The lowest BCUT2D eigenvalue weighted by Gasteiger charge is -2.28. The van der Waals surface area contributed by atoms with Gasteiger partial charge in [0.25, 0.3) is 5.56 Å². The highest BCUT2D eigenvalue weighted by Crippen LogP contribution is 2.18. The Bertz CT molecular complexity index is 991. The second-order valence-corrected chi connectivity index (χ2v) is 6.76. The van der Waals surface area contributed by atoms with E-state index >= 15 is 0 Å². The molecule has 1 aliphatic heterocycles. The molecule has 1 N–H and O–H groups in total. The first kappa shape index (κ1) is 16.7. The van der Waals surface area contributed by atoms with Crippen LogP contribution in [0.25, 0.3) is 0 Å². The number of H-pyrrole nitrogens is 1. The molecule has 3 aromatic rings. The Balaban J connectivity index is 1.52. The summed E-state index contributed by atoms with van der Waals surface area (Å²) in [4.78, 5) is 21.7. The van der Waals surface area contributed by atoms with Gasteiger partial charge in [-0.25, -0.2) is 9.37 Å². The number of hydrogen-bond acceptors (Lipinski definition) is 3. The summed E-state index contributed by atoms with van der Waals surface area (Å²) in [7, 11) is 0. The zero-order valence-corrected chi connectivity index (χ0v) is 14.7. The van der Waals surface area contributed by atoms with E-state index in [4.69, 9.17) is 0 Å². The molecule has 0 saturated heterocycles. The molecule has 134 valence electrons. The van der Waals surface area contributed by atoms with Gasteiger partial charge in [0.05, 0.1) is 17.8 Å². The quantitative estimate of drug-likeness (QED) is 0.785. The predicted octanol–water partition coefficient (Wildman–Crippen LogP) is 2.63. The highest BCUT2D eigenvalue weighted by Gasteiger charge is 2.21. The summed E-state index contributed by atoms with van der Waals surface area (Å²) in [5, 5.41) is 0. The molecule has 3 heterocycles. The van der Waals surface area contributed by atoms with Crippen LogP contribution in [0.2, 0.25) is 0 Å². The van der Waals surface area contributed by atoms with Crippen LogP contribution in [0.15, 0.2) is 47.4 Å². The first-order valence-corrected chi connectivity index (χ1v) is 8.78. The molecule has 0 spiro atoms. The van der Waals surface area contributed by atoms with Gasteiger partial charge in [-0.15, -0.1) is 0 Å². The number of benzene rings is 1. The average Bonchev–Trinajstić information content (AvgIpc) is 3.04. The standard InChI is InChI=1S/C20H21FN4O/c1-14-22-19-8-10-24(13-17(19)20(26)23-14)12-16-6-4-9-25(16)11-15-5-2-3-7-18(15)21/h2-7,9H,8,10-13H2,1H3,(H,22,23,26). The average molecular weight is 352 g/mol. The van der Waals surface area contributed by atoms with Gasteiger partial charge in [0.15, 0.2) is 0 Å². The van der Waals surface area contributed by atoms with E-state index < -0.39 is 0 Å². The maximum absolute atomic E-state index is 13.9. The summed E-state index contributed by atoms with van der Waals surface area (Å²) in [6, 6.07) is 10.9. The van der Waals surface area contributed by atoms with Crippen LogP contribution in [0.3, 0.4) is 0 Å². The van der Waals surface area contributed by atoms with Gasteiger partial charge in [-0.3, -0.25) is 9.69 Å². The smallest absolute Gasteiger partial charge is 0.255 e. The van der Waals surface area contributed by atoms with Crippen LogP contribution in [0, 0.1) is 12.7 Å². The van der Waals surface area contributed by atoms with Gasteiger partial charge >= 0.3 is 0 Å². The highest BCUT2D eigenvalue weighted by atomic mass is 19.1. The number of nitrogens with one attached hydrogen (secondary N) is 1. The van der Waals surface area contributed by atoms with Crippen LogP contribution in [0.1, 0.15) is 28.3 Å². The second kappa shape index (κ2) is 6.88.